The summed E-state index contributed by atoms with van der Waals surface area (Å²) in [4.78, 5) is 0. The lowest BCUT2D eigenvalue weighted by atomic mass is 9.82. The highest BCUT2D eigenvalue weighted by Gasteiger charge is 2.36. The Morgan fingerprint density at radius 1 is 0.600 bits per heavy atom. The number of rotatable bonds is 3. The van der Waals surface area contributed by atoms with Crippen LogP contribution in [0.3, 0.4) is 0 Å². The van der Waals surface area contributed by atoms with Gasteiger partial charge in [0.15, 0.2) is 5.58 Å². The minimum absolute atomic E-state index is 0.0282. The van der Waals surface area contributed by atoms with Crippen molar-refractivity contribution in [3.8, 4) is 22.3 Å². The average Bonchev–Trinajstić information content (AvgIpc) is 3.39. The highest BCUT2D eigenvalue weighted by atomic mass is 16.3. The van der Waals surface area contributed by atoms with Crippen molar-refractivity contribution in [2.45, 2.75) is 19.3 Å². The minimum Gasteiger partial charge on any atom is -0.454 e. The van der Waals surface area contributed by atoms with Crippen molar-refractivity contribution in [1.29, 1.82) is 0 Å². The second kappa shape index (κ2) is 7.35. The van der Waals surface area contributed by atoms with E-state index in [1.807, 2.05) is 0 Å². The molecule has 0 amide bonds. The Morgan fingerprint density at radius 3 is 2.17 bits per heavy atom. The molecule has 0 saturated carbocycles. The third kappa shape index (κ3) is 2.90. The molecular weight excluding hydrogens is 426 g/mol. The Bertz CT molecular complexity index is 1740. The fourth-order valence-corrected chi connectivity index (χ4v) is 5.81. The monoisotopic (exact) mass is 451 g/mol. The largest absolute Gasteiger partial charge is 0.454 e. The molecule has 2 heteroatoms. The maximum absolute atomic E-state index is 6.49. The third-order valence-corrected chi connectivity index (χ3v) is 7.48. The van der Waals surface area contributed by atoms with E-state index in [4.69, 9.17) is 4.42 Å². The van der Waals surface area contributed by atoms with Gasteiger partial charge in [0.25, 0.3) is 0 Å². The number of fused-ring (bicyclic) bond motifs is 6. The van der Waals surface area contributed by atoms with E-state index in [-0.39, 0.29) is 5.41 Å². The number of anilines is 2. The molecule has 1 N–H and O–H groups in total. The molecule has 5 aromatic carbocycles. The van der Waals surface area contributed by atoms with Crippen LogP contribution in [0.5, 0.6) is 0 Å². The smallest absolute Gasteiger partial charge is 0.158 e. The molecule has 1 heterocycles. The maximum atomic E-state index is 6.49. The van der Waals surface area contributed by atoms with Crippen LogP contribution < -0.4 is 5.32 Å². The SMILES string of the molecule is CC1(C)c2ccccc2-c2c(Nc3cccc4c3oc3cccc(-c5ccccc5)c34)cccc21. The first-order valence-corrected chi connectivity index (χ1v) is 12.1. The predicted molar refractivity (Wildman–Crippen MR) is 146 cm³/mol. The third-order valence-electron chi connectivity index (χ3n) is 7.48. The molecule has 1 aliphatic rings. The number of furan rings is 1. The van der Waals surface area contributed by atoms with Crippen LogP contribution in [0.4, 0.5) is 11.4 Å². The topological polar surface area (TPSA) is 25.2 Å². The van der Waals surface area contributed by atoms with Gasteiger partial charge in [-0.2, -0.15) is 0 Å². The van der Waals surface area contributed by atoms with Gasteiger partial charge in [-0.05, 0) is 46.0 Å². The van der Waals surface area contributed by atoms with Crippen LogP contribution in [-0.2, 0) is 5.41 Å². The lowest BCUT2D eigenvalue weighted by molar-refractivity contribution is 0.660. The summed E-state index contributed by atoms with van der Waals surface area (Å²) >= 11 is 0. The summed E-state index contributed by atoms with van der Waals surface area (Å²) in [5.41, 5.74) is 11.5. The molecule has 0 unspecified atom stereocenters. The molecule has 0 atom stereocenters. The quantitative estimate of drug-likeness (QED) is 0.290. The van der Waals surface area contributed by atoms with Crippen molar-refractivity contribution < 1.29 is 4.42 Å². The summed E-state index contributed by atoms with van der Waals surface area (Å²) in [6.07, 6.45) is 0. The fraction of sp³-hybridized carbons (Fsp3) is 0.0909. The van der Waals surface area contributed by atoms with Crippen molar-refractivity contribution in [1.82, 2.24) is 0 Å². The zero-order chi connectivity index (χ0) is 23.6. The van der Waals surface area contributed by atoms with Gasteiger partial charge in [-0.25, -0.2) is 0 Å². The Balaban J connectivity index is 1.42. The van der Waals surface area contributed by atoms with Crippen LogP contribution in [0.1, 0.15) is 25.0 Å². The minimum atomic E-state index is -0.0282. The summed E-state index contributed by atoms with van der Waals surface area (Å²) in [6, 6.07) is 38.6. The van der Waals surface area contributed by atoms with E-state index in [9.17, 15) is 0 Å². The summed E-state index contributed by atoms with van der Waals surface area (Å²) in [7, 11) is 0. The molecule has 0 radical (unpaired) electrons. The summed E-state index contributed by atoms with van der Waals surface area (Å²) in [5, 5.41) is 6.03. The van der Waals surface area contributed by atoms with Gasteiger partial charge < -0.3 is 9.73 Å². The Labute approximate surface area is 204 Å². The van der Waals surface area contributed by atoms with Crippen LogP contribution in [0, 0.1) is 0 Å². The summed E-state index contributed by atoms with van der Waals surface area (Å²) in [5.74, 6) is 0. The van der Waals surface area contributed by atoms with E-state index in [2.05, 4.69) is 128 Å². The molecule has 1 aromatic heterocycles. The Hall–Kier alpha value is -4.30. The second-order valence-corrected chi connectivity index (χ2v) is 9.85. The molecule has 0 spiro atoms. The zero-order valence-corrected chi connectivity index (χ0v) is 19.8. The average molecular weight is 452 g/mol. The van der Waals surface area contributed by atoms with Crippen molar-refractivity contribution in [3.63, 3.8) is 0 Å². The van der Waals surface area contributed by atoms with Crippen LogP contribution in [0.25, 0.3) is 44.2 Å². The zero-order valence-electron chi connectivity index (χ0n) is 19.8. The highest BCUT2D eigenvalue weighted by molar-refractivity contribution is 6.15. The van der Waals surface area contributed by atoms with Crippen molar-refractivity contribution in [2.24, 2.45) is 0 Å². The van der Waals surface area contributed by atoms with E-state index in [0.717, 1.165) is 33.3 Å². The van der Waals surface area contributed by atoms with E-state index < -0.39 is 0 Å². The molecule has 6 aromatic rings. The summed E-state index contributed by atoms with van der Waals surface area (Å²) in [6.45, 7) is 4.62. The first-order chi connectivity index (χ1) is 17.1. The van der Waals surface area contributed by atoms with Gasteiger partial charge in [-0.1, -0.05) is 105 Å². The van der Waals surface area contributed by atoms with Gasteiger partial charge in [0.2, 0.25) is 0 Å². The predicted octanol–water partition coefficient (Wildman–Crippen LogP) is 9.30. The van der Waals surface area contributed by atoms with E-state index in [0.29, 0.717) is 0 Å². The van der Waals surface area contributed by atoms with E-state index >= 15 is 0 Å². The molecule has 7 rings (SSSR count). The van der Waals surface area contributed by atoms with Gasteiger partial charge >= 0.3 is 0 Å². The molecule has 35 heavy (non-hydrogen) atoms. The van der Waals surface area contributed by atoms with Gasteiger partial charge in [0.05, 0.1) is 5.69 Å². The molecule has 2 nitrogen and oxygen atoms in total. The van der Waals surface area contributed by atoms with Gasteiger partial charge in [-0.3, -0.25) is 0 Å². The molecular formula is C33H25NO. The Kier molecular flexibility index (Phi) is 4.22. The van der Waals surface area contributed by atoms with Gasteiger partial charge in [0.1, 0.15) is 5.58 Å². The first-order valence-electron chi connectivity index (χ1n) is 12.1. The number of hydrogen-bond acceptors (Lipinski definition) is 2. The molecule has 0 fully saturated rings. The number of nitrogens with one attached hydrogen (secondary N) is 1. The number of para-hydroxylation sites is 1. The molecule has 0 aliphatic heterocycles. The van der Waals surface area contributed by atoms with Crippen LogP contribution in [0.15, 0.2) is 114 Å². The van der Waals surface area contributed by atoms with Crippen molar-refractivity contribution in [3.05, 3.63) is 120 Å². The normalized spacial score (nSPS) is 13.7. The maximum Gasteiger partial charge on any atom is 0.158 e. The molecule has 168 valence electrons. The molecule has 0 bridgehead atoms. The van der Waals surface area contributed by atoms with E-state index in [1.165, 1.54) is 33.4 Å². The first kappa shape index (κ1) is 20.1. The fourth-order valence-electron chi connectivity index (χ4n) is 5.81. The number of benzene rings is 5. The van der Waals surface area contributed by atoms with Crippen LogP contribution in [0.2, 0.25) is 0 Å². The van der Waals surface area contributed by atoms with Crippen molar-refractivity contribution in [2.75, 3.05) is 5.32 Å². The van der Waals surface area contributed by atoms with E-state index in [1.54, 1.807) is 0 Å². The van der Waals surface area contributed by atoms with Crippen LogP contribution in [-0.4, -0.2) is 0 Å². The Morgan fingerprint density at radius 2 is 1.29 bits per heavy atom. The highest BCUT2D eigenvalue weighted by Crippen LogP contribution is 2.52. The lowest BCUT2D eigenvalue weighted by Gasteiger charge is -2.21. The van der Waals surface area contributed by atoms with Crippen LogP contribution >= 0.6 is 0 Å². The molecule has 0 saturated heterocycles. The van der Waals surface area contributed by atoms with Gasteiger partial charge in [0, 0.05) is 27.4 Å². The van der Waals surface area contributed by atoms with Gasteiger partial charge in [-0.15, -0.1) is 0 Å². The standard InChI is InChI=1S/C33H25NO/c1-33(2)25-16-7-6-13-23(25)31-26(33)17-10-18-27(31)34-28-19-8-15-24-30-22(21-11-4-3-5-12-21)14-9-20-29(30)35-32(24)28/h3-20,34H,1-2H3. The second-order valence-electron chi connectivity index (χ2n) is 9.85. The number of hydrogen-bond donors (Lipinski definition) is 1. The molecule has 1 aliphatic carbocycles. The van der Waals surface area contributed by atoms with Crippen molar-refractivity contribution >= 4 is 33.3 Å². The summed E-state index contributed by atoms with van der Waals surface area (Å²) < 4.78 is 6.49. The lowest BCUT2D eigenvalue weighted by Crippen LogP contribution is -2.14.